The molecular weight excluding hydrogens is 406 g/mol. The largest absolute Gasteiger partial charge is 0.452 e. The van der Waals surface area contributed by atoms with Crippen LogP contribution in [-0.4, -0.2) is 28.5 Å². The number of pyridine rings is 1. The molecule has 0 spiro atoms. The summed E-state index contributed by atoms with van der Waals surface area (Å²) in [5.41, 5.74) is 2.91. The van der Waals surface area contributed by atoms with Gasteiger partial charge in [0.1, 0.15) is 5.52 Å². The Kier molecular flexibility index (Phi) is 5.05. The van der Waals surface area contributed by atoms with Crippen LogP contribution in [0.5, 0.6) is 0 Å². The Bertz CT molecular complexity index is 1410. The fourth-order valence-corrected chi connectivity index (χ4v) is 3.52. The lowest BCUT2D eigenvalue weighted by atomic mass is 9.99. The molecule has 0 unspecified atom stereocenters. The highest BCUT2D eigenvalue weighted by molar-refractivity contribution is 6.10. The number of oxazole rings is 1. The Labute approximate surface area is 182 Å². The van der Waals surface area contributed by atoms with Crippen LogP contribution >= 0.6 is 0 Å². The van der Waals surface area contributed by atoms with Crippen LogP contribution in [0.3, 0.4) is 0 Å². The van der Waals surface area contributed by atoms with Crippen LogP contribution in [0.4, 0.5) is 5.69 Å². The second kappa shape index (κ2) is 8.31. The maximum absolute atomic E-state index is 12.9. The van der Waals surface area contributed by atoms with Crippen molar-refractivity contribution in [3.8, 4) is 11.5 Å². The summed E-state index contributed by atoms with van der Waals surface area (Å²) in [5, 5.41) is 4.12. The van der Waals surface area contributed by atoms with Gasteiger partial charge in [-0.25, -0.2) is 9.78 Å². The molecule has 7 nitrogen and oxygen atoms in total. The molecule has 0 bridgehead atoms. The van der Waals surface area contributed by atoms with E-state index in [-0.39, 0.29) is 0 Å². The first-order chi connectivity index (χ1) is 15.7. The number of rotatable bonds is 5. The molecule has 0 saturated heterocycles. The van der Waals surface area contributed by atoms with E-state index in [1.807, 2.05) is 48.5 Å². The van der Waals surface area contributed by atoms with Crippen LogP contribution in [0.25, 0.3) is 33.3 Å². The lowest BCUT2D eigenvalue weighted by Crippen LogP contribution is -2.21. The number of hydrogen-bond donors (Lipinski definition) is 1. The number of carbonyl (C=O) groups excluding carboxylic acids is 2. The van der Waals surface area contributed by atoms with E-state index in [0.29, 0.717) is 33.7 Å². The van der Waals surface area contributed by atoms with Gasteiger partial charge in [0.05, 0.1) is 17.4 Å². The van der Waals surface area contributed by atoms with E-state index in [1.165, 1.54) is 6.20 Å². The smallest absolute Gasteiger partial charge is 0.339 e. The number of carbonyl (C=O) groups is 2. The van der Waals surface area contributed by atoms with Gasteiger partial charge < -0.3 is 14.5 Å². The predicted molar refractivity (Wildman–Crippen MR) is 120 cm³/mol. The minimum absolute atomic E-state index is 0.328. The lowest BCUT2D eigenvalue weighted by Gasteiger charge is -2.10. The summed E-state index contributed by atoms with van der Waals surface area (Å²) in [6, 6.07) is 21.8. The van der Waals surface area contributed by atoms with Crippen molar-refractivity contribution in [3.63, 3.8) is 0 Å². The number of benzene rings is 3. The fourth-order valence-electron chi connectivity index (χ4n) is 3.52. The Morgan fingerprint density at radius 3 is 2.59 bits per heavy atom. The fraction of sp³-hybridized carbons (Fsp3) is 0.0400. The minimum atomic E-state index is -0.611. The third-order valence-electron chi connectivity index (χ3n) is 4.93. The van der Waals surface area contributed by atoms with Gasteiger partial charge in [0.2, 0.25) is 5.89 Å². The van der Waals surface area contributed by atoms with E-state index < -0.39 is 18.5 Å². The van der Waals surface area contributed by atoms with Gasteiger partial charge in [0, 0.05) is 17.1 Å². The van der Waals surface area contributed by atoms with Crippen molar-refractivity contribution in [3.05, 3.63) is 90.8 Å². The van der Waals surface area contributed by atoms with Gasteiger partial charge >= 0.3 is 5.97 Å². The average Bonchev–Trinajstić information content (AvgIpc) is 3.26. The Morgan fingerprint density at radius 1 is 0.938 bits per heavy atom. The number of anilines is 1. The van der Waals surface area contributed by atoms with Crippen molar-refractivity contribution in [2.75, 3.05) is 11.9 Å². The average molecular weight is 423 g/mol. The van der Waals surface area contributed by atoms with Gasteiger partial charge in [-0.15, -0.1) is 0 Å². The second-order valence-electron chi connectivity index (χ2n) is 7.06. The van der Waals surface area contributed by atoms with Crippen LogP contribution in [0.15, 0.2) is 89.6 Å². The normalized spacial score (nSPS) is 10.9. The highest BCUT2D eigenvalue weighted by atomic mass is 16.5. The Hall–Kier alpha value is -4.52. The number of nitrogens with one attached hydrogen (secondary N) is 1. The standard InChI is InChI=1S/C25H17N3O4/c29-22(27-17-8-5-13-26-14-17)15-31-25(30)19-10-4-7-16-6-3-9-18(23(16)19)24-28-20-11-1-2-12-21(20)32-24/h1-14H,15H2,(H,27,29). The van der Waals surface area contributed by atoms with Crippen molar-refractivity contribution in [2.24, 2.45) is 0 Å². The number of ether oxygens (including phenoxy) is 1. The number of amides is 1. The number of hydrogen-bond acceptors (Lipinski definition) is 6. The van der Waals surface area contributed by atoms with Gasteiger partial charge in [-0.05, 0) is 41.8 Å². The summed E-state index contributed by atoms with van der Waals surface area (Å²) in [4.78, 5) is 33.6. The predicted octanol–water partition coefficient (Wildman–Crippen LogP) is 4.84. The third-order valence-corrected chi connectivity index (χ3v) is 4.93. The monoisotopic (exact) mass is 423 g/mol. The van der Waals surface area contributed by atoms with Crippen LogP contribution in [0, 0.1) is 0 Å². The zero-order valence-electron chi connectivity index (χ0n) is 16.8. The molecule has 32 heavy (non-hydrogen) atoms. The van der Waals surface area contributed by atoms with Gasteiger partial charge in [-0.1, -0.05) is 36.4 Å². The number of esters is 1. The number of fused-ring (bicyclic) bond motifs is 2. The highest BCUT2D eigenvalue weighted by Crippen LogP contribution is 2.33. The van der Waals surface area contributed by atoms with Crippen molar-refractivity contribution < 1.29 is 18.7 Å². The summed E-state index contributed by atoms with van der Waals surface area (Å²) in [6.45, 7) is -0.421. The highest BCUT2D eigenvalue weighted by Gasteiger charge is 2.19. The van der Waals surface area contributed by atoms with Crippen LogP contribution in [0.1, 0.15) is 10.4 Å². The molecule has 0 fully saturated rings. The third kappa shape index (κ3) is 3.79. The minimum Gasteiger partial charge on any atom is -0.452 e. The lowest BCUT2D eigenvalue weighted by molar-refractivity contribution is -0.119. The van der Waals surface area contributed by atoms with E-state index in [9.17, 15) is 9.59 Å². The SMILES string of the molecule is O=C(COC(=O)c1cccc2cccc(-c3nc4ccccc4o3)c12)Nc1cccnc1. The van der Waals surface area contributed by atoms with Gasteiger partial charge in [0.15, 0.2) is 12.2 Å². The van der Waals surface area contributed by atoms with E-state index in [0.717, 1.165) is 10.9 Å². The molecule has 0 aliphatic heterocycles. The maximum atomic E-state index is 12.9. The molecule has 0 aliphatic carbocycles. The van der Waals surface area contributed by atoms with Crippen molar-refractivity contribution >= 4 is 39.4 Å². The molecule has 1 amide bonds. The number of aromatic nitrogens is 2. The quantitative estimate of drug-likeness (QED) is 0.407. The molecule has 0 saturated carbocycles. The summed E-state index contributed by atoms with van der Waals surface area (Å²) < 4.78 is 11.2. The van der Waals surface area contributed by atoms with Crippen LogP contribution in [0.2, 0.25) is 0 Å². The molecule has 1 N–H and O–H groups in total. The van der Waals surface area contributed by atoms with Crippen molar-refractivity contribution in [1.29, 1.82) is 0 Å². The topological polar surface area (TPSA) is 94.3 Å². The second-order valence-corrected chi connectivity index (χ2v) is 7.06. The van der Waals surface area contributed by atoms with Crippen LogP contribution < -0.4 is 5.32 Å². The van der Waals surface area contributed by atoms with Gasteiger partial charge in [-0.2, -0.15) is 0 Å². The molecule has 0 atom stereocenters. The molecule has 5 rings (SSSR count). The molecule has 0 aliphatic rings. The number of para-hydroxylation sites is 2. The molecule has 2 heterocycles. The van der Waals surface area contributed by atoms with Crippen molar-refractivity contribution in [2.45, 2.75) is 0 Å². The molecule has 3 aromatic carbocycles. The van der Waals surface area contributed by atoms with E-state index in [4.69, 9.17) is 9.15 Å². The molecule has 156 valence electrons. The Balaban J connectivity index is 1.45. The Morgan fingerprint density at radius 2 is 1.78 bits per heavy atom. The summed E-state index contributed by atoms with van der Waals surface area (Å²) in [7, 11) is 0. The molecule has 7 heteroatoms. The maximum Gasteiger partial charge on any atom is 0.339 e. The number of nitrogens with zero attached hydrogens (tertiary/aromatic N) is 2. The zero-order valence-corrected chi connectivity index (χ0v) is 16.8. The summed E-state index contributed by atoms with van der Waals surface area (Å²) in [6.07, 6.45) is 3.11. The molecule has 0 radical (unpaired) electrons. The van der Waals surface area contributed by atoms with Gasteiger partial charge in [0.25, 0.3) is 5.91 Å². The molecule has 5 aromatic rings. The van der Waals surface area contributed by atoms with E-state index in [2.05, 4.69) is 15.3 Å². The first-order valence-corrected chi connectivity index (χ1v) is 9.94. The van der Waals surface area contributed by atoms with E-state index >= 15 is 0 Å². The van der Waals surface area contributed by atoms with Crippen LogP contribution in [-0.2, 0) is 9.53 Å². The van der Waals surface area contributed by atoms with Crippen molar-refractivity contribution in [1.82, 2.24) is 9.97 Å². The summed E-state index contributed by atoms with van der Waals surface area (Å²) >= 11 is 0. The summed E-state index contributed by atoms with van der Waals surface area (Å²) in [5.74, 6) is -0.655. The first kappa shape index (κ1) is 19.4. The van der Waals surface area contributed by atoms with Gasteiger partial charge in [-0.3, -0.25) is 9.78 Å². The molecular formula is C25H17N3O4. The molecule has 2 aromatic heterocycles. The van der Waals surface area contributed by atoms with E-state index in [1.54, 1.807) is 30.5 Å². The first-order valence-electron chi connectivity index (χ1n) is 9.94. The zero-order chi connectivity index (χ0) is 21.9.